The largest absolute Gasteiger partial charge is 0.434 e. The lowest BCUT2D eigenvalue weighted by molar-refractivity contribution is 0.184. The number of H-pyrrole nitrogens is 3. The fourth-order valence-electron chi connectivity index (χ4n) is 5.02. The standard InChI is InChI=1S/C18H14Cl2N6O5.C17H12Cl2N6O4/c1-8(2)10-5-14(24-25(7-27)17(10)29)31-15-11(19)3-9(4-12(15)20)26-18(30)22-16(28)13(6-21)23-26;1-7(2)9-5-13(22-23-15(9)26)29-14-10(18)3-8(4-11(14)19)25-17(28)21-16(27)12(6-20)24-25/h3-5,8,27H,7H2,1-2H3,(H,22,28,30);3-5,7H,1-2H3,(H,23,26)(H,21,27,28). The molecule has 0 fully saturated rings. The van der Waals surface area contributed by atoms with Gasteiger partial charge < -0.3 is 14.6 Å². The van der Waals surface area contributed by atoms with Gasteiger partial charge in [0, 0.05) is 23.3 Å². The van der Waals surface area contributed by atoms with E-state index in [-0.39, 0.29) is 72.1 Å². The van der Waals surface area contributed by atoms with Crippen molar-refractivity contribution in [3.63, 3.8) is 0 Å². The summed E-state index contributed by atoms with van der Waals surface area (Å²) in [4.78, 5) is 75.1. The average Bonchev–Trinajstić information content (AvgIpc) is 3.18. The quantitative estimate of drug-likeness (QED) is 0.161. The van der Waals surface area contributed by atoms with Gasteiger partial charge in [-0.25, -0.2) is 19.4 Å². The van der Waals surface area contributed by atoms with Crippen LogP contribution < -0.4 is 43.1 Å². The summed E-state index contributed by atoms with van der Waals surface area (Å²) in [5, 5.41) is 44.6. The summed E-state index contributed by atoms with van der Waals surface area (Å²) in [6, 6.07) is 11.2. The van der Waals surface area contributed by atoms with Gasteiger partial charge in [-0.1, -0.05) is 74.1 Å². The van der Waals surface area contributed by atoms with Gasteiger partial charge >= 0.3 is 11.4 Å². The number of nitrogens with one attached hydrogen (secondary N) is 3. The van der Waals surface area contributed by atoms with Crippen molar-refractivity contribution in [3.8, 4) is 46.8 Å². The van der Waals surface area contributed by atoms with Crippen LogP contribution in [-0.4, -0.2) is 54.6 Å². The third-order valence-electron chi connectivity index (χ3n) is 7.90. The first-order valence-corrected chi connectivity index (χ1v) is 18.3. The van der Waals surface area contributed by atoms with Crippen LogP contribution in [0.3, 0.4) is 0 Å². The molecule has 4 aromatic heterocycles. The maximum atomic E-state index is 12.2. The van der Waals surface area contributed by atoms with Crippen molar-refractivity contribution in [1.82, 2.24) is 49.5 Å². The minimum absolute atomic E-state index is 0.00463. The SMILES string of the molecule is CC(C)c1cc(Oc2c(Cl)cc(-n3nc(C#N)c(=O)[nH]c3=O)cc2Cl)n[nH]c1=O.CC(C)c1cc(Oc2c(Cl)cc(-n3nc(C#N)c(=O)[nH]c3=O)cc2Cl)nn(CO)c1=O. The van der Waals surface area contributed by atoms with E-state index in [1.165, 1.54) is 36.4 Å². The van der Waals surface area contributed by atoms with E-state index in [1.54, 1.807) is 26.0 Å². The zero-order chi connectivity index (χ0) is 44.2. The van der Waals surface area contributed by atoms with Crippen molar-refractivity contribution in [2.45, 2.75) is 46.3 Å². The molecule has 0 saturated carbocycles. The van der Waals surface area contributed by atoms with Crippen molar-refractivity contribution in [2.75, 3.05) is 0 Å². The number of hydrogen-bond acceptors (Lipinski definition) is 15. The van der Waals surface area contributed by atoms with Crippen LogP contribution in [0.15, 0.2) is 65.2 Å². The second-order valence-electron chi connectivity index (χ2n) is 12.6. The zero-order valence-corrected chi connectivity index (χ0v) is 34.1. The summed E-state index contributed by atoms with van der Waals surface area (Å²) in [5.41, 5.74) is -4.45. The predicted octanol–water partition coefficient (Wildman–Crippen LogP) is 3.62. The highest BCUT2D eigenvalue weighted by Gasteiger charge is 2.19. The summed E-state index contributed by atoms with van der Waals surface area (Å²) >= 11 is 25.0. The van der Waals surface area contributed by atoms with Gasteiger partial charge in [-0.2, -0.15) is 19.9 Å². The molecule has 0 atom stereocenters. The number of aliphatic hydroxyl groups is 1. The van der Waals surface area contributed by atoms with Crippen molar-refractivity contribution in [2.24, 2.45) is 0 Å². The third kappa shape index (κ3) is 9.52. The number of aromatic nitrogens is 10. The summed E-state index contributed by atoms with van der Waals surface area (Å²) in [7, 11) is 0. The molecule has 0 spiro atoms. The maximum absolute atomic E-state index is 12.2. The van der Waals surface area contributed by atoms with E-state index in [0.29, 0.717) is 11.1 Å². The van der Waals surface area contributed by atoms with Crippen LogP contribution in [-0.2, 0) is 6.73 Å². The van der Waals surface area contributed by atoms with Crippen molar-refractivity contribution < 1.29 is 14.6 Å². The molecule has 25 heteroatoms. The van der Waals surface area contributed by atoms with E-state index in [0.717, 1.165) is 14.0 Å². The second-order valence-corrected chi connectivity index (χ2v) is 14.3. The molecule has 6 rings (SSSR count). The van der Waals surface area contributed by atoms with Crippen molar-refractivity contribution in [1.29, 1.82) is 10.5 Å². The number of nitrogens with zero attached hydrogens (tertiary/aromatic N) is 9. The Morgan fingerprint density at radius 2 is 1.07 bits per heavy atom. The molecule has 0 bridgehead atoms. The number of ether oxygens (including phenoxy) is 2. The number of nitriles is 2. The molecule has 21 nitrogen and oxygen atoms in total. The van der Waals surface area contributed by atoms with Gasteiger partial charge in [0.25, 0.3) is 22.2 Å². The Morgan fingerprint density at radius 3 is 1.47 bits per heavy atom. The van der Waals surface area contributed by atoms with E-state index in [1.807, 2.05) is 23.8 Å². The fourth-order valence-corrected chi connectivity index (χ4v) is 6.12. The number of aromatic amines is 3. The van der Waals surface area contributed by atoms with Gasteiger partial charge in [0.2, 0.25) is 23.1 Å². The first-order chi connectivity index (χ1) is 28.4. The first kappa shape index (κ1) is 44.2. The Labute approximate surface area is 354 Å². The lowest BCUT2D eigenvalue weighted by Gasteiger charge is -2.14. The van der Waals surface area contributed by atoms with Crippen molar-refractivity contribution in [3.05, 3.63) is 141 Å². The Kier molecular flexibility index (Phi) is 13.5. The molecule has 0 radical (unpaired) electrons. The molecule has 60 heavy (non-hydrogen) atoms. The third-order valence-corrected chi connectivity index (χ3v) is 9.03. The van der Waals surface area contributed by atoms with Crippen LogP contribution in [0, 0.1) is 22.7 Å². The number of rotatable bonds is 9. The molecular formula is C35H26Cl4N12O9. The van der Waals surface area contributed by atoms with Gasteiger partial charge in [0.1, 0.15) is 18.9 Å². The first-order valence-electron chi connectivity index (χ1n) is 16.8. The summed E-state index contributed by atoms with van der Waals surface area (Å²) in [5.74, 6) is -0.211. The Bertz CT molecular complexity index is 3080. The molecule has 0 aliphatic rings. The van der Waals surface area contributed by atoms with Crippen molar-refractivity contribution >= 4 is 46.4 Å². The minimum atomic E-state index is -0.924. The van der Waals surface area contributed by atoms with Crippen LogP contribution in [0.4, 0.5) is 0 Å². The number of hydrogen-bond donors (Lipinski definition) is 4. The molecule has 2 aromatic carbocycles. The van der Waals surface area contributed by atoms with Gasteiger partial charge in [0.15, 0.2) is 11.5 Å². The molecule has 0 amide bonds. The minimum Gasteiger partial charge on any atom is -0.434 e. The predicted molar refractivity (Wildman–Crippen MR) is 214 cm³/mol. The molecule has 0 aliphatic heterocycles. The Balaban J connectivity index is 0.000000228. The Hall–Kier alpha value is -6.88. The fraction of sp³-hybridized carbons (Fsp3) is 0.200. The molecule has 4 N–H and O–H groups in total. The zero-order valence-electron chi connectivity index (χ0n) is 31.1. The van der Waals surface area contributed by atoms with Gasteiger partial charge in [-0.3, -0.25) is 29.1 Å². The molecule has 0 aliphatic carbocycles. The highest BCUT2D eigenvalue weighted by molar-refractivity contribution is 6.38. The van der Waals surface area contributed by atoms with Crippen LogP contribution in [0.2, 0.25) is 20.1 Å². The smallest absolute Gasteiger partial charge is 0.349 e. The summed E-state index contributed by atoms with van der Waals surface area (Å²) in [6.45, 7) is 6.61. The average molecular weight is 900 g/mol. The summed E-state index contributed by atoms with van der Waals surface area (Å²) < 4.78 is 13.6. The van der Waals surface area contributed by atoms with E-state index in [4.69, 9.17) is 66.4 Å². The highest BCUT2D eigenvalue weighted by Crippen LogP contribution is 2.39. The van der Waals surface area contributed by atoms with E-state index in [9.17, 15) is 33.9 Å². The van der Waals surface area contributed by atoms with Gasteiger partial charge in [-0.05, 0) is 36.1 Å². The number of benzene rings is 2. The number of aliphatic hydroxyl groups excluding tert-OH is 1. The topological polar surface area (TPSA) is 302 Å². The maximum Gasteiger partial charge on any atom is 0.349 e. The van der Waals surface area contributed by atoms with E-state index in [2.05, 4.69) is 25.5 Å². The number of halogens is 4. The monoisotopic (exact) mass is 898 g/mol. The molecule has 6 aromatic rings. The summed E-state index contributed by atoms with van der Waals surface area (Å²) in [6.07, 6.45) is 0. The Morgan fingerprint density at radius 1 is 0.650 bits per heavy atom. The van der Waals surface area contributed by atoms with Crippen LogP contribution >= 0.6 is 46.4 Å². The molecule has 0 unspecified atom stereocenters. The second kappa shape index (κ2) is 18.4. The van der Waals surface area contributed by atoms with Crippen LogP contribution in [0.1, 0.15) is 62.0 Å². The molecule has 0 saturated heterocycles. The molecular weight excluding hydrogens is 874 g/mol. The lowest BCUT2D eigenvalue weighted by Crippen LogP contribution is -2.33. The van der Waals surface area contributed by atoms with Crippen LogP contribution in [0.25, 0.3) is 11.4 Å². The molecule has 308 valence electrons. The molecule has 4 heterocycles. The highest BCUT2D eigenvalue weighted by atomic mass is 35.5. The van der Waals surface area contributed by atoms with Gasteiger partial charge in [0.05, 0.1) is 31.5 Å². The lowest BCUT2D eigenvalue weighted by atomic mass is 10.1. The normalized spacial score (nSPS) is 10.8. The van der Waals surface area contributed by atoms with E-state index >= 15 is 0 Å². The van der Waals surface area contributed by atoms with Crippen LogP contribution in [0.5, 0.6) is 23.3 Å². The van der Waals surface area contributed by atoms with E-state index < -0.39 is 46.2 Å². The van der Waals surface area contributed by atoms with Gasteiger partial charge in [-0.15, -0.1) is 20.4 Å².